The van der Waals surface area contributed by atoms with Crippen LogP contribution in [-0.4, -0.2) is 4.98 Å². The van der Waals surface area contributed by atoms with Gasteiger partial charge in [0.15, 0.2) is 0 Å². The Bertz CT molecular complexity index is 273. The Morgan fingerprint density at radius 3 is 2.83 bits per heavy atom. The van der Waals surface area contributed by atoms with Gasteiger partial charge in [0.2, 0.25) is 0 Å². The van der Waals surface area contributed by atoms with Crippen LogP contribution in [0.25, 0.3) is 0 Å². The minimum atomic E-state index is 0.0785. The number of aryl methyl sites for hydroxylation is 1. The standard InChI is InChI=1S/C9H13ClN2/c1-3-8(11)7-5-12-9(10)4-6(7)2/h4-5,8H,3,11H2,1-2H3/t8-/m1/s1. The Morgan fingerprint density at radius 1 is 1.67 bits per heavy atom. The molecule has 0 spiro atoms. The number of halogens is 1. The van der Waals surface area contributed by atoms with Crippen LogP contribution in [0.5, 0.6) is 0 Å². The highest BCUT2D eigenvalue weighted by molar-refractivity contribution is 6.29. The summed E-state index contributed by atoms with van der Waals surface area (Å²) in [6.45, 7) is 4.05. The molecule has 0 amide bonds. The first-order valence-corrected chi connectivity index (χ1v) is 4.40. The van der Waals surface area contributed by atoms with Crippen LogP contribution in [0.3, 0.4) is 0 Å². The van der Waals surface area contributed by atoms with Crippen molar-refractivity contribution in [3.63, 3.8) is 0 Å². The van der Waals surface area contributed by atoms with Crippen LogP contribution < -0.4 is 5.73 Å². The summed E-state index contributed by atoms with van der Waals surface area (Å²) >= 11 is 5.71. The summed E-state index contributed by atoms with van der Waals surface area (Å²) < 4.78 is 0. The van der Waals surface area contributed by atoms with Gasteiger partial charge in [-0.2, -0.15) is 0 Å². The van der Waals surface area contributed by atoms with Crippen molar-refractivity contribution in [2.24, 2.45) is 5.73 Å². The van der Waals surface area contributed by atoms with E-state index in [4.69, 9.17) is 17.3 Å². The monoisotopic (exact) mass is 184 g/mol. The molecule has 0 aliphatic heterocycles. The quantitative estimate of drug-likeness (QED) is 0.718. The van der Waals surface area contributed by atoms with E-state index in [1.54, 1.807) is 6.20 Å². The van der Waals surface area contributed by atoms with Gasteiger partial charge in [0.25, 0.3) is 0 Å². The van der Waals surface area contributed by atoms with Gasteiger partial charge in [-0.15, -0.1) is 0 Å². The third-order valence-electron chi connectivity index (χ3n) is 1.96. The molecule has 0 bridgehead atoms. The zero-order chi connectivity index (χ0) is 9.14. The lowest BCUT2D eigenvalue weighted by Crippen LogP contribution is -2.10. The van der Waals surface area contributed by atoms with Crippen molar-refractivity contribution in [3.05, 3.63) is 28.5 Å². The Morgan fingerprint density at radius 2 is 2.33 bits per heavy atom. The maximum Gasteiger partial charge on any atom is 0.129 e. The molecular formula is C9H13ClN2. The average Bonchev–Trinajstić information content (AvgIpc) is 2.03. The summed E-state index contributed by atoms with van der Waals surface area (Å²) in [5.74, 6) is 0. The summed E-state index contributed by atoms with van der Waals surface area (Å²) in [6, 6.07) is 1.92. The second-order valence-electron chi connectivity index (χ2n) is 2.88. The van der Waals surface area contributed by atoms with Crippen molar-refractivity contribution in [2.75, 3.05) is 0 Å². The van der Waals surface area contributed by atoms with Crippen LogP contribution in [-0.2, 0) is 0 Å². The van der Waals surface area contributed by atoms with E-state index in [1.807, 2.05) is 13.0 Å². The first kappa shape index (κ1) is 9.49. The summed E-state index contributed by atoms with van der Waals surface area (Å²) in [7, 11) is 0. The van der Waals surface area contributed by atoms with Gasteiger partial charge in [-0.3, -0.25) is 0 Å². The fourth-order valence-corrected chi connectivity index (χ4v) is 1.35. The van der Waals surface area contributed by atoms with Gasteiger partial charge in [0.05, 0.1) is 0 Å². The van der Waals surface area contributed by atoms with E-state index >= 15 is 0 Å². The topological polar surface area (TPSA) is 38.9 Å². The Kier molecular flexibility index (Phi) is 3.06. The second kappa shape index (κ2) is 3.87. The minimum absolute atomic E-state index is 0.0785. The molecule has 1 aromatic rings. The van der Waals surface area contributed by atoms with Crippen LogP contribution >= 0.6 is 11.6 Å². The van der Waals surface area contributed by atoms with Crippen molar-refractivity contribution in [3.8, 4) is 0 Å². The molecule has 0 unspecified atom stereocenters. The van der Waals surface area contributed by atoms with Gasteiger partial charge in [-0.1, -0.05) is 18.5 Å². The number of nitrogens with two attached hydrogens (primary N) is 1. The van der Waals surface area contributed by atoms with Gasteiger partial charge < -0.3 is 5.73 Å². The molecule has 0 aromatic carbocycles. The van der Waals surface area contributed by atoms with E-state index < -0.39 is 0 Å². The predicted octanol–water partition coefficient (Wildman–Crippen LogP) is 2.45. The fourth-order valence-electron chi connectivity index (χ4n) is 1.14. The van der Waals surface area contributed by atoms with E-state index in [2.05, 4.69) is 11.9 Å². The molecule has 0 fully saturated rings. The van der Waals surface area contributed by atoms with Crippen molar-refractivity contribution >= 4 is 11.6 Å². The largest absolute Gasteiger partial charge is 0.324 e. The van der Waals surface area contributed by atoms with E-state index in [1.165, 1.54) is 0 Å². The van der Waals surface area contributed by atoms with Crippen LogP contribution in [0, 0.1) is 6.92 Å². The third kappa shape index (κ3) is 1.96. The number of aromatic nitrogens is 1. The number of nitrogens with zero attached hydrogens (tertiary/aromatic N) is 1. The summed E-state index contributed by atoms with van der Waals surface area (Å²) in [5.41, 5.74) is 8.06. The molecule has 1 heterocycles. The SMILES string of the molecule is CC[C@@H](N)c1cnc(Cl)cc1C. The summed E-state index contributed by atoms with van der Waals surface area (Å²) in [4.78, 5) is 3.99. The van der Waals surface area contributed by atoms with E-state index in [9.17, 15) is 0 Å². The molecule has 66 valence electrons. The molecule has 2 N–H and O–H groups in total. The maximum absolute atomic E-state index is 5.86. The van der Waals surface area contributed by atoms with Gasteiger partial charge in [0.1, 0.15) is 5.15 Å². The van der Waals surface area contributed by atoms with Gasteiger partial charge in [0, 0.05) is 12.2 Å². The third-order valence-corrected chi connectivity index (χ3v) is 2.16. The highest BCUT2D eigenvalue weighted by Crippen LogP contribution is 2.19. The lowest BCUT2D eigenvalue weighted by atomic mass is 10.0. The van der Waals surface area contributed by atoms with Crippen LogP contribution in [0.1, 0.15) is 30.5 Å². The van der Waals surface area contributed by atoms with Gasteiger partial charge in [-0.25, -0.2) is 4.98 Å². The van der Waals surface area contributed by atoms with E-state index in [-0.39, 0.29) is 6.04 Å². The molecular weight excluding hydrogens is 172 g/mol. The van der Waals surface area contributed by atoms with Crippen molar-refractivity contribution < 1.29 is 0 Å². The first-order valence-electron chi connectivity index (χ1n) is 4.02. The fraction of sp³-hybridized carbons (Fsp3) is 0.444. The zero-order valence-corrected chi connectivity index (χ0v) is 8.10. The molecule has 0 saturated carbocycles. The van der Waals surface area contributed by atoms with E-state index in [0.29, 0.717) is 5.15 Å². The molecule has 0 radical (unpaired) electrons. The maximum atomic E-state index is 5.86. The lowest BCUT2D eigenvalue weighted by Gasteiger charge is -2.11. The van der Waals surface area contributed by atoms with E-state index in [0.717, 1.165) is 17.5 Å². The van der Waals surface area contributed by atoms with Crippen LogP contribution in [0.2, 0.25) is 5.15 Å². The molecule has 0 saturated heterocycles. The number of pyridine rings is 1. The van der Waals surface area contributed by atoms with Crippen LogP contribution in [0.15, 0.2) is 12.3 Å². The van der Waals surface area contributed by atoms with Gasteiger partial charge in [-0.05, 0) is 30.5 Å². The summed E-state index contributed by atoms with van der Waals surface area (Å²) in [5, 5.41) is 0.527. The van der Waals surface area contributed by atoms with Crippen molar-refractivity contribution in [1.82, 2.24) is 4.98 Å². The second-order valence-corrected chi connectivity index (χ2v) is 3.27. The van der Waals surface area contributed by atoms with Crippen LogP contribution in [0.4, 0.5) is 0 Å². The molecule has 2 nitrogen and oxygen atoms in total. The molecule has 1 aromatic heterocycles. The smallest absolute Gasteiger partial charge is 0.129 e. The minimum Gasteiger partial charge on any atom is -0.324 e. The zero-order valence-electron chi connectivity index (χ0n) is 7.34. The van der Waals surface area contributed by atoms with Crippen molar-refractivity contribution in [2.45, 2.75) is 26.3 Å². The summed E-state index contributed by atoms with van der Waals surface area (Å²) in [6.07, 6.45) is 2.68. The average molecular weight is 185 g/mol. The molecule has 0 aliphatic carbocycles. The highest BCUT2D eigenvalue weighted by atomic mass is 35.5. The number of hydrogen-bond acceptors (Lipinski definition) is 2. The Balaban J connectivity index is 3.01. The molecule has 3 heteroatoms. The Hall–Kier alpha value is -0.600. The molecule has 0 aliphatic rings. The highest BCUT2D eigenvalue weighted by Gasteiger charge is 2.06. The predicted molar refractivity (Wildman–Crippen MR) is 51.2 cm³/mol. The Labute approximate surface area is 77.8 Å². The normalized spacial score (nSPS) is 13.0. The number of rotatable bonds is 2. The molecule has 12 heavy (non-hydrogen) atoms. The lowest BCUT2D eigenvalue weighted by molar-refractivity contribution is 0.690. The molecule has 1 atom stereocenters. The number of hydrogen-bond donors (Lipinski definition) is 1. The van der Waals surface area contributed by atoms with Gasteiger partial charge >= 0.3 is 0 Å². The van der Waals surface area contributed by atoms with Crippen molar-refractivity contribution in [1.29, 1.82) is 0 Å². The first-order chi connectivity index (χ1) is 5.65. The molecule has 1 rings (SSSR count).